The molecular weight excluding hydrogens is 194 g/mol. The van der Waals surface area contributed by atoms with Crippen LogP contribution in [0.3, 0.4) is 0 Å². The average molecular weight is 217 g/mol. The summed E-state index contributed by atoms with van der Waals surface area (Å²) in [6.07, 6.45) is 17.4. The highest BCUT2D eigenvalue weighted by Crippen LogP contribution is 2.35. The van der Waals surface area contributed by atoms with Crippen LogP contribution in [0.4, 0.5) is 0 Å². The molecule has 1 heteroatoms. The number of fused-ring (bicyclic) bond motifs is 1. The maximum absolute atomic E-state index is 5.25. The van der Waals surface area contributed by atoms with E-state index in [0.29, 0.717) is 0 Å². The van der Waals surface area contributed by atoms with E-state index < -0.39 is 0 Å². The molecule has 0 aromatic heterocycles. The van der Waals surface area contributed by atoms with Gasteiger partial charge in [0.15, 0.2) is 0 Å². The first-order valence-electron chi connectivity index (χ1n) is 6.70. The number of rotatable bonds is 2. The van der Waals surface area contributed by atoms with Gasteiger partial charge in [0.05, 0.1) is 0 Å². The molecule has 1 nitrogen and oxygen atoms in total. The van der Waals surface area contributed by atoms with Crippen LogP contribution >= 0.6 is 0 Å². The van der Waals surface area contributed by atoms with Crippen LogP contribution in [0.5, 0.6) is 0 Å². The molecule has 3 unspecified atom stereocenters. The van der Waals surface area contributed by atoms with Gasteiger partial charge in [-0.25, -0.2) is 0 Å². The second-order valence-electron chi connectivity index (χ2n) is 5.31. The van der Waals surface area contributed by atoms with Crippen molar-refractivity contribution in [3.63, 3.8) is 0 Å². The van der Waals surface area contributed by atoms with Gasteiger partial charge < -0.3 is 0 Å². The van der Waals surface area contributed by atoms with Gasteiger partial charge in [-0.2, -0.15) is 0 Å². The Hall–Kier alpha value is -0.740. The van der Waals surface area contributed by atoms with Crippen molar-refractivity contribution >= 4 is 0 Å². The minimum absolute atomic E-state index is 0.756. The van der Waals surface area contributed by atoms with Crippen LogP contribution < -0.4 is 0 Å². The van der Waals surface area contributed by atoms with Crippen LogP contribution in [0.2, 0.25) is 0 Å². The fourth-order valence-electron chi connectivity index (χ4n) is 3.40. The first-order valence-corrected chi connectivity index (χ1v) is 6.70. The molecule has 0 radical (unpaired) electrons. The van der Waals surface area contributed by atoms with Crippen LogP contribution in [-0.2, 0) is 0 Å². The van der Waals surface area contributed by atoms with Crippen molar-refractivity contribution in [2.75, 3.05) is 6.54 Å². The van der Waals surface area contributed by atoms with Crippen LogP contribution in [0, 0.1) is 18.3 Å². The average Bonchev–Trinajstić information content (AvgIpc) is 2.33. The molecule has 0 N–H and O–H groups in total. The molecule has 0 aliphatic carbocycles. The number of hydrogen-bond acceptors (Lipinski definition) is 1. The van der Waals surface area contributed by atoms with Crippen molar-refractivity contribution in [2.45, 2.75) is 57.5 Å². The van der Waals surface area contributed by atoms with E-state index in [9.17, 15) is 0 Å². The van der Waals surface area contributed by atoms with Gasteiger partial charge in [-0.15, -0.1) is 6.42 Å². The SMILES string of the molecule is C#C/C=C\CC1CCC(C)C2CCCCN12. The summed E-state index contributed by atoms with van der Waals surface area (Å²) in [5, 5.41) is 0. The third kappa shape index (κ3) is 2.50. The predicted octanol–water partition coefficient (Wildman–Crippen LogP) is 3.22. The van der Waals surface area contributed by atoms with Crippen molar-refractivity contribution < 1.29 is 0 Å². The summed E-state index contributed by atoms with van der Waals surface area (Å²) in [6.45, 7) is 3.74. The fraction of sp³-hybridized carbons (Fsp3) is 0.733. The van der Waals surface area contributed by atoms with Crippen molar-refractivity contribution in [3.05, 3.63) is 12.2 Å². The van der Waals surface area contributed by atoms with Gasteiger partial charge in [-0.05, 0) is 50.6 Å². The van der Waals surface area contributed by atoms with E-state index in [0.717, 1.165) is 24.4 Å². The third-order valence-electron chi connectivity index (χ3n) is 4.30. The molecule has 0 bridgehead atoms. The largest absolute Gasteiger partial charge is 0.297 e. The molecule has 0 spiro atoms. The number of piperidine rings is 2. The van der Waals surface area contributed by atoms with E-state index >= 15 is 0 Å². The Labute approximate surface area is 99.9 Å². The quantitative estimate of drug-likeness (QED) is 0.642. The highest BCUT2D eigenvalue weighted by atomic mass is 15.2. The number of hydrogen-bond donors (Lipinski definition) is 0. The van der Waals surface area contributed by atoms with Crippen molar-refractivity contribution in [1.29, 1.82) is 0 Å². The van der Waals surface area contributed by atoms with Gasteiger partial charge in [0.25, 0.3) is 0 Å². The molecule has 0 saturated carbocycles. The van der Waals surface area contributed by atoms with Crippen LogP contribution in [0.1, 0.15) is 45.4 Å². The molecule has 2 saturated heterocycles. The Morgan fingerprint density at radius 3 is 3.00 bits per heavy atom. The monoisotopic (exact) mass is 217 g/mol. The second-order valence-corrected chi connectivity index (χ2v) is 5.31. The zero-order valence-electron chi connectivity index (χ0n) is 10.4. The summed E-state index contributed by atoms with van der Waals surface area (Å²) in [4.78, 5) is 2.76. The summed E-state index contributed by atoms with van der Waals surface area (Å²) in [5.74, 6) is 3.49. The molecule has 2 fully saturated rings. The van der Waals surface area contributed by atoms with Gasteiger partial charge in [-0.3, -0.25) is 4.90 Å². The molecule has 16 heavy (non-hydrogen) atoms. The van der Waals surface area contributed by atoms with Crippen molar-refractivity contribution in [2.24, 2.45) is 5.92 Å². The lowest BCUT2D eigenvalue weighted by molar-refractivity contribution is 0.0192. The maximum atomic E-state index is 5.25. The van der Waals surface area contributed by atoms with E-state index in [2.05, 4.69) is 23.8 Å². The van der Waals surface area contributed by atoms with Gasteiger partial charge >= 0.3 is 0 Å². The standard InChI is InChI=1S/C15H23N/c1-3-4-5-8-14-11-10-13(2)15-9-6-7-12-16(14)15/h1,4-5,13-15H,6-12H2,2H3/b5-4-. The van der Waals surface area contributed by atoms with Crippen molar-refractivity contribution in [3.8, 4) is 12.3 Å². The molecular formula is C15H23N. The zero-order chi connectivity index (χ0) is 11.4. The minimum atomic E-state index is 0.756. The van der Waals surface area contributed by atoms with E-state index in [4.69, 9.17) is 6.42 Å². The van der Waals surface area contributed by atoms with E-state index in [1.807, 2.05) is 6.08 Å². The maximum Gasteiger partial charge on any atom is 0.0133 e. The Kier molecular flexibility index (Phi) is 4.07. The highest BCUT2D eigenvalue weighted by molar-refractivity contribution is 5.09. The fourth-order valence-corrected chi connectivity index (χ4v) is 3.40. The Balaban J connectivity index is 1.98. The summed E-state index contributed by atoms with van der Waals surface area (Å²) in [5.41, 5.74) is 0. The van der Waals surface area contributed by atoms with E-state index in [1.165, 1.54) is 38.6 Å². The molecule has 2 heterocycles. The Morgan fingerprint density at radius 2 is 2.19 bits per heavy atom. The molecule has 2 aliphatic rings. The van der Waals surface area contributed by atoms with Crippen LogP contribution in [0.15, 0.2) is 12.2 Å². The highest BCUT2D eigenvalue weighted by Gasteiger charge is 2.35. The van der Waals surface area contributed by atoms with Gasteiger partial charge in [0.1, 0.15) is 0 Å². The van der Waals surface area contributed by atoms with Crippen molar-refractivity contribution in [1.82, 2.24) is 4.90 Å². The topological polar surface area (TPSA) is 3.24 Å². The van der Waals surface area contributed by atoms with Gasteiger partial charge in [0.2, 0.25) is 0 Å². The normalized spacial score (nSPS) is 35.9. The van der Waals surface area contributed by atoms with E-state index in [1.54, 1.807) is 0 Å². The lowest BCUT2D eigenvalue weighted by Gasteiger charge is -2.48. The molecule has 0 aromatic carbocycles. The molecule has 0 amide bonds. The summed E-state index contributed by atoms with van der Waals surface area (Å²) < 4.78 is 0. The number of terminal acetylenes is 1. The Morgan fingerprint density at radius 1 is 1.31 bits per heavy atom. The molecule has 2 rings (SSSR count). The summed E-state index contributed by atoms with van der Waals surface area (Å²) >= 11 is 0. The summed E-state index contributed by atoms with van der Waals surface area (Å²) in [6, 6.07) is 1.61. The van der Waals surface area contributed by atoms with Gasteiger partial charge in [0, 0.05) is 12.1 Å². The lowest BCUT2D eigenvalue weighted by atomic mass is 9.81. The van der Waals surface area contributed by atoms with Gasteiger partial charge in [-0.1, -0.05) is 25.3 Å². The first-order chi connectivity index (χ1) is 7.83. The Bertz CT molecular complexity index is 286. The molecule has 3 atom stereocenters. The third-order valence-corrected chi connectivity index (χ3v) is 4.30. The van der Waals surface area contributed by atoms with Crippen LogP contribution in [-0.4, -0.2) is 23.5 Å². The molecule has 0 aromatic rings. The molecule has 88 valence electrons. The second kappa shape index (κ2) is 5.55. The number of allylic oxidation sites excluding steroid dienone is 1. The first kappa shape index (κ1) is 11.7. The van der Waals surface area contributed by atoms with E-state index in [-0.39, 0.29) is 0 Å². The molecule has 2 aliphatic heterocycles. The zero-order valence-corrected chi connectivity index (χ0v) is 10.4. The minimum Gasteiger partial charge on any atom is -0.297 e. The summed E-state index contributed by atoms with van der Waals surface area (Å²) in [7, 11) is 0. The van der Waals surface area contributed by atoms with Crippen LogP contribution in [0.25, 0.3) is 0 Å². The smallest absolute Gasteiger partial charge is 0.0133 e. The lowest BCUT2D eigenvalue weighted by Crippen LogP contribution is -2.52. The predicted molar refractivity (Wildman–Crippen MR) is 69.1 cm³/mol. The number of nitrogens with zero attached hydrogens (tertiary/aromatic N) is 1.